The number of aromatic nitrogens is 1. The van der Waals surface area contributed by atoms with Crippen LogP contribution >= 0.6 is 11.3 Å². The largest absolute Gasteiger partial charge is 0.494 e. The van der Waals surface area contributed by atoms with Crippen molar-refractivity contribution >= 4 is 11.3 Å². The maximum Gasteiger partial charge on any atom is 0.165 e. The van der Waals surface area contributed by atoms with Crippen LogP contribution in [0.3, 0.4) is 0 Å². The minimum atomic E-state index is -0.336. The van der Waals surface area contributed by atoms with Crippen LogP contribution in [0.2, 0.25) is 0 Å². The van der Waals surface area contributed by atoms with Crippen LogP contribution in [0.15, 0.2) is 29.1 Å². The van der Waals surface area contributed by atoms with E-state index in [9.17, 15) is 4.39 Å². The molecule has 0 fully saturated rings. The summed E-state index contributed by atoms with van der Waals surface area (Å²) in [6.45, 7) is 2.67. The second-order valence-corrected chi connectivity index (χ2v) is 4.70. The number of nitrogens with one attached hydrogen (secondary N) is 1. The van der Waals surface area contributed by atoms with Crippen molar-refractivity contribution in [2.24, 2.45) is 0 Å². The summed E-state index contributed by atoms with van der Waals surface area (Å²) in [7, 11) is 1.46. The first-order chi connectivity index (χ1) is 8.70. The lowest BCUT2D eigenvalue weighted by Gasteiger charge is -2.14. The molecule has 1 N–H and O–H groups in total. The van der Waals surface area contributed by atoms with E-state index in [4.69, 9.17) is 4.74 Å². The van der Waals surface area contributed by atoms with Gasteiger partial charge in [0.15, 0.2) is 11.6 Å². The second kappa shape index (κ2) is 5.93. The van der Waals surface area contributed by atoms with Gasteiger partial charge in [-0.2, -0.15) is 0 Å². The van der Waals surface area contributed by atoms with Crippen LogP contribution in [0.1, 0.15) is 24.2 Å². The highest BCUT2D eigenvalue weighted by Gasteiger charge is 2.09. The third-order valence-electron chi connectivity index (χ3n) is 2.75. The average Bonchev–Trinajstić information content (AvgIpc) is 2.89. The van der Waals surface area contributed by atoms with Crippen molar-refractivity contribution in [2.75, 3.05) is 7.11 Å². The van der Waals surface area contributed by atoms with Gasteiger partial charge in [0.2, 0.25) is 0 Å². The Hall–Kier alpha value is -1.46. The predicted octanol–water partition coefficient (Wildman–Crippen LogP) is 3.14. The number of hydrogen-bond donors (Lipinski definition) is 1. The minimum Gasteiger partial charge on any atom is -0.494 e. The van der Waals surface area contributed by atoms with E-state index in [1.165, 1.54) is 13.2 Å². The first kappa shape index (κ1) is 13.0. The molecule has 0 aliphatic heterocycles. The van der Waals surface area contributed by atoms with E-state index >= 15 is 0 Å². The lowest BCUT2D eigenvalue weighted by molar-refractivity contribution is 0.385. The monoisotopic (exact) mass is 266 g/mol. The van der Waals surface area contributed by atoms with Crippen molar-refractivity contribution in [1.29, 1.82) is 0 Å². The zero-order valence-electron chi connectivity index (χ0n) is 10.3. The molecule has 5 heteroatoms. The van der Waals surface area contributed by atoms with Gasteiger partial charge in [0, 0.05) is 18.0 Å². The highest BCUT2D eigenvalue weighted by molar-refractivity contribution is 7.07. The molecule has 0 saturated heterocycles. The van der Waals surface area contributed by atoms with Crippen LogP contribution in [0.4, 0.5) is 4.39 Å². The fraction of sp³-hybridized carbons (Fsp3) is 0.308. The zero-order valence-corrected chi connectivity index (χ0v) is 11.1. The van der Waals surface area contributed by atoms with E-state index in [0.717, 1.165) is 11.3 Å². The summed E-state index contributed by atoms with van der Waals surface area (Å²) < 4.78 is 18.5. The molecule has 0 aliphatic rings. The number of thiazole rings is 1. The molecule has 0 spiro atoms. The summed E-state index contributed by atoms with van der Waals surface area (Å²) in [5.74, 6) is -0.0669. The second-order valence-electron chi connectivity index (χ2n) is 3.98. The maximum absolute atomic E-state index is 13.6. The van der Waals surface area contributed by atoms with Crippen LogP contribution in [-0.2, 0) is 6.54 Å². The third-order valence-corrected chi connectivity index (χ3v) is 3.38. The zero-order chi connectivity index (χ0) is 13.0. The summed E-state index contributed by atoms with van der Waals surface area (Å²) in [5.41, 5.74) is 3.69. The molecule has 96 valence electrons. The standard InChI is InChI=1S/C13H15FN2OS/c1-9(15-6-11-7-18-8-16-11)10-3-4-13(17-2)12(14)5-10/h3-5,7-9,15H,6H2,1-2H3. The SMILES string of the molecule is COc1ccc(C(C)NCc2cscn2)cc1F. The smallest absolute Gasteiger partial charge is 0.165 e. The summed E-state index contributed by atoms with van der Waals surface area (Å²) in [4.78, 5) is 4.19. The molecule has 1 unspecified atom stereocenters. The first-order valence-corrected chi connectivity index (χ1v) is 6.59. The number of ether oxygens (including phenoxy) is 1. The van der Waals surface area contributed by atoms with E-state index in [-0.39, 0.29) is 17.6 Å². The third kappa shape index (κ3) is 3.05. The lowest BCUT2D eigenvalue weighted by atomic mass is 10.1. The highest BCUT2D eigenvalue weighted by Crippen LogP contribution is 2.21. The van der Waals surface area contributed by atoms with Crippen molar-refractivity contribution in [2.45, 2.75) is 19.5 Å². The number of hydrogen-bond acceptors (Lipinski definition) is 4. The molecule has 3 nitrogen and oxygen atoms in total. The Morgan fingerprint density at radius 2 is 2.33 bits per heavy atom. The van der Waals surface area contributed by atoms with Gasteiger partial charge in [0.05, 0.1) is 18.3 Å². The van der Waals surface area contributed by atoms with E-state index in [0.29, 0.717) is 6.54 Å². The Kier molecular flexibility index (Phi) is 4.28. The Morgan fingerprint density at radius 3 is 2.94 bits per heavy atom. The van der Waals surface area contributed by atoms with Gasteiger partial charge in [0.25, 0.3) is 0 Å². The van der Waals surface area contributed by atoms with Gasteiger partial charge in [-0.25, -0.2) is 9.37 Å². The Bertz CT molecular complexity index is 502. The fourth-order valence-corrected chi connectivity index (χ4v) is 2.21. The fourth-order valence-electron chi connectivity index (χ4n) is 1.65. The predicted molar refractivity (Wildman–Crippen MR) is 70.3 cm³/mol. The molecule has 1 aromatic carbocycles. The molecule has 2 rings (SSSR count). The highest BCUT2D eigenvalue weighted by atomic mass is 32.1. The number of nitrogens with zero attached hydrogens (tertiary/aromatic N) is 1. The van der Waals surface area contributed by atoms with Gasteiger partial charge in [0.1, 0.15) is 0 Å². The normalized spacial score (nSPS) is 12.4. The molecule has 1 heterocycles. The molecular weight excluding hydrogens is 251 g/mol. The molecule has 0 saturated carbocycles. The first-order valence-electron chi connectivity index (χ1n) is 5.64. The summed E-state index contributed by atoms with van der Waals surface area (Å²) in [6.07, 6.45) is 0. The summed E-state index contributed by atoms with van der Waals surface area (Å²) in [5, 5.41) is 5.30. The molecule has 0 aliphatic carbocycles. The molecule has 0 radical (unpaired) electrons. The van der Waals surface area contributed by atoms with Crippen molar-refractivity contribution in [3.05, 3.63) is 46.2 Å². The van der Waals surface area contributed by atoms with Crippen molar-refractivity contribution in [3.63, 3.8) is 0 Å². The average molecular weight is 266 g/mol. The van der Waals surface area contributed by atoms with Gasteiger partial charge in [-0.05, 0) is 24.6 Å². The van der Waals surface area contributed by atoms with Crippen LogP contribution in [-0.4, -0.2) is 12.1 Å². The van der Waals surface area contributed by atoms with Crippen LogP contribution < -0.4 is 10.1 Å². The Labute approximate surface area is 110 Å². The van der Waals surface area contributed by atoms with Gasteiger partial charge in [-0.1, -0.05) is 6.07 Å². The van der Waals surface area contributed by atoms with Crippen molar-refractivity contribution in [1.82, 2.24) is 10.3 Å². The van der Waals surface area contributed by atoms with E-state index in [2.05, 4.69) is 10.3 Å². The molecular formula is C13H15FN2OS. The molecule has 18 heavy (non-hydrogen) atoms. The van der Waals surface area contributed by atoms with Gasteiger partial charge in [-0.15, -0.1) is 11.3 Å². The Morgan fingerprint density at radius 1 is 1.50 bits per heavy atom. The number of rotatable bonds is 5. The topological polar surface area (TPSA) is 34.1 Å². The van der Waals surface area contributed by atoms with E-state index < -0.39 is 0 Å². The van der Waals surface area contributed by atoms with Crippen LogP contribution in [0.25, 0.3) is 0 Å². The van der Waals surface area contributed by atoms with E-state index in [1.54, 1.807) is 22.9 Å². The van der Waals surface area contributed by atoms with E-state index in [1.807, 2.05) is 18.4 Å². The molecule has 2 aromatic rings. The number of halogens is 1. The number of methoxy groups -OCH3 is 1. The van der Waals surface area contributed by atoms with Gasteiger partial charge in [-0.3, -0.25) is 0 Å². The quantitative estimate of drug-likeness (QED) is 0.902. The Balaban J connectivity index is 2.00. The van der Waals surface area contributed by atoms with Gasteiger partial charge < -0.3 is 10.1 Å². The molecule has 0 amide bonds. The lowest BCUT2D eigenvalue weighted by Crippen LogP contribution is -2.18. The van der Waals surface area contributed by atoms with Crippen LogP contribution in [0.5, 0.6) is 5.75 Å². The van der Waals surface area contributed by atoms with Crippen molar-refractivity contribution in [3.8, 4) is 5.75 Å². The molecule has 0 bridgehead atoms. The van der Waals surface area contributed by atoms with Gasteiger partial charge >= 0.3 is 0 Å². The summed E-state index contributed by atoms with van der Waals surface area (Å²) in [6, 6.07) is 5.07. The molecule has 1 atom stereocenters. The summed E-state index contributed by atoms with van der Waals surface area (Å²) >= 11 is 1.57. The van der Waals surface area contributed by atoms with Crippen molar-refractivity contribution < 1.29 is 9.13 Å². The number of benzene rings is 1. The molecule has 1 aromatic heterocycles. The minimum absolute atomic E-state index is 0.0621. The van der Waals surface area contributed by atoms with Crippen LogP contribution in [0, 0.1) is 5.82 Å². The maximum atomic E-state index is 13.6.